The predicted molar refractivity (Wildman–Crippen MR) is 156 cm³/mol. The highest BCUT2D eigenvalue weighted by molar-refractivity contribution is 8.26. The fraction of sp³-hybridized carbons (Fsp3) is 0.321. The molecule has 2 aliphatic heterocycles. The second kappa shape index (κ2) is 11.0. The van der Waals surface area contributed by atoms with Crippen molar-refractivity contribution in [2.24, 2.45) is 0 Å². The number of rotatable bonds is 8. The molecule has 198 valence electrons. The van der Waals surface area contributed by atoms with Gasteiger partial charge in [-0.1, -0.05) is 55.5 Å². The predicted octanol–water partition coefficient (Wildman–Crippen LogP) is 5.41. The Kier molecular flexibility index (Phi) is 7.74. The van der Waals surface area contributed by atoms with Crippen LogP contribution in [0.1, 0.15) is 37.3 Å². The molecule has 3 heterocycles. The van der Waals surface area contributed by atoms with Crippen LogP contribution in [0.2, 0.25) is 0 Å². The summed E-state index contributed by atoms with van der Waals surface area (Å²) in [5.41, 5.74) is 4.35. The first-order chi connectivity index (χ1) is 18.3. The zero-order valence-corrected chi connectivity index (χ0v) is 23.7. The van der Waals surface area contributed by atoms with Gasteiger partial charge < -0.3 is 4.74 Å². The number of nitrogens with zero attached hydrogens (tertiary/aromatic N) is 3. The molecule has 0 aliphatic carbocycles. The summed E-state index contributed by atoms with van der Waals surface area (Å²) in [6.45, 7) is 4.83. The van der Waals surface area contributed by atoms with Gasteiger partial charge in [-0.2, -0.15) is 5.10 Å². The van der Waals surface area contributed by atoms with E-state index in [9.17, 15) is 13.2 Å². The highest BCUT2D eigenvalue weighted by atomic mass is 32.2. The van der Waals surface area contributed by atoms with Crippen LogP contribution in [0.5, 0.6) is 5.75 Å². The van der Waals surface area contributed by atoms with Crippen molar-refractivity contribution in [3.05, 3.63) is 70.8 Å². The van der Waals surface area contributed by atoms with E-state index in [-0.39, 0.29) is 17.4 Å². The highest BCUT2D eigenvalue weighted by Gasteiger charge is 2.42. The normalized spacial score (nSPS) is 20.0. The monoisotopic (exact) mass is 567 g/mol. The number of hydrogen-bond acceptors (Lipinski definition) is 7. The Bertz CT molecular complexity index is 1510. The summed E-state index contributed by atoms with van der Waals surface area (Å²) < 4.78 is 32.1. The van der Waals surface area contributed by atoms with E-state index in [1.807, 2.05) is 67.7 Å². The molecule has 38 heavy (non-hydrogen) atoms. The van der Waals surface area contributed by atoms with E-state index in [0.29, 0.717) is 22.3 Å². The smallest absolute Gasteiger partial charge is 0.266 e. The fourth-order valence-corrected chi connectivity index (χ4v) is 7.75. The van der Waals surface area contributed by atoms with Crippen LogP contribution in [0.4, 0.5) is 0 Å². The standard InChI is InChI=1S/C28H29N3O4S3/c1-3-4-13-35-23-10-11-24(19(2)15-23)26-20(17-30(29-26)21-8-6-5-7-9-21)16-25-27(32)31(28(36)37-25)22-12-14-38(33,34)18-22/h5-11,15-17,22H,3-4,12-14,18H2,1-2H3. The first kappa shape index (κ1) is 26.6. The second-order valence-electron chi connectivity index (χ2n) is 9.50. The molecule has 1 unspecified atom stereocenters. The molecular weight excluding hydrogens is 539 g/mol. The third kappa shape index (κ3) is 5.57. The molecule has 2 aromatic carbocycles. The number of aryl methyl sites for hydroxylation is 1. The van der Waals surface area contributed by atoms with Crippen LogP contribution in [0, 0.1) is 6.92 Å². The van der Waals surface area contributed by atoms with Gasteiger partial charge in [0.2, 0.25) is 0 Å². The van der Waals surface area contributed by atoms with Crippen LogP contribution >= 0.6 is 24.0 Å². The molecule has 3 aromatic rings. The molecule has 1 aromatic heterocycles. The zero-order valence-electron chi connectivity index (χ0n) is 21.3. The minimum Gasteiger partial charge on any atom is -0.494 e. The van der Waals surface area contributed by atoms with Crippen LogP contribution in [-0.2, 0) is 14.6 Å². The molecule has 0 N–H and O–H groups in total. The lowest BCUT2D eigenvalue weighted by atomic mass is 10.0. The maximum atomic E-state index is 13.4. The maximum Gasteiger partial charge on any atom is 0.266 e. The molecule has 2 saturated heterocycles. The molecular formula is C28H29N3O4S3. The third-order valence-electron chi connectivity index (χ3n) is 6.67. The Morgan fingerprint density at radius 1 is 1.21 bits per heavy atom. The minimum absolute atomic E-state index is 0.0459. The molecule has 7 nitrogen and oxygen atoms in total. The molecule has 2 aliphatic rings. The Morgan fingerprint density at radius 2 is 2.00 bits per heavy atom. The summed E-state index contributed by atoms with van der Waals surface area (Å²) in [5, 5.41) is 4.90. The molecule has 0 bridgehead atoms. The fourth-order valence-electron chi connectivity index (χ4n) is 4.66. The van der Waals surface area contributed by atoms with Crippen LogP contribution in [0.3, 0.4) is 0 Å². The number of sulfone groups is 1. The Morgan fingerprint density at radius 3 is 2.68 bits per heavy atom. The number of aromatic nitrogens is 2. The Hall–Kier alpha value is -2.95. The molecule has 0 saturated carbocycles. The van der Waals surface area contributed by atoms with Crippen molar-refractivity contribution in [2.45, 2.75) is 39.2 Å². The SMILES string of the molecule is CCCCOc1ccc(-c2nn(-c3ccccc3)cc2C=C2SC(=S)N(C3CCS(=O)(=O)C3)C2=O)c(C)c1. The number of unbranched alkanes of at least 4 members (excludes halogenated alkanes) is 1. The Labute approximate surface area is 232 Å². The molecule has 0 radical (unpaired) electrons. The topological polar surface area (TPSA) is 81.5 Å². The molecule has 2 fully saturated rings. The van der Waals surface area contributed by atoms with Crippen molar-refractivity contribution in [3.8, 4) is 22.7 Å². The number of thioether (sulfide) groups is 1. The van der Waals surface area contributed by atoms with Crippen molar-refractivity contribution < 1.29 is 17.9 Å². The van der Waals surface area contributed by atoms with Crippen molar-refractivity contribution in [1.82, 2.24) is 14.7 Å². The van der Waals surface area contributed by atoms with Gasteiger partial charge in [0, 0.05) is 17.3 Å². The van der Waals surface area contributed by atoms with Gasteiger partial charge >= 0.3 is 0 Å². The number of carbonyl (C=O) groups excluding carboxylic acids is 1. The number of carbonyl (C=O) groups is 1. The molecule has 5 rings (SSSR count). The van der Waals surface area contributed by atoms with Gasteiger partial charge in [-0.05, 0) is 61.7 Å². The van der Waals surface area contributed by atoms with Gasteiger partial charge in [-0.3, -0.25) is 9.69 Å². The van der Waals surface area contributed by atoms with Crippen molar-refractivity contribution in [3.63, 3.8) is 0 Å². The molecule has 1 atom stereocenters. The summed E-state index contributed by atoms with van der Waals surface area (Å²) in [6.07, 6.45) is 6.20. The first-order valence-corrected chi connectivity index (χ1v) is 15.7. The largest absolute Gasteiger partial charge is 0.494 e. The number of thiocarbonyl (C=S) groups is 1. The second-order valence-corrected chi connectivity index (χ2v) is 13.4. The van der Waals surface area contributed by atoms with Gasteiger partial charge in [0.25, 0.3) is 5.91 Å². The summed E-state index contributed by atoms with van der Waals surface area (Å²) >= 11 is 6.71. The summed E-state index contributed by atoms with van der Waals surface area (Å²) in [6, 6.07) is 15.3. The number of para-hydroxylation sites is 1. The van der Waals surface area contributed by atoms with E-state index >= 15 is 0 Å². The number of amides is 1. The number of benzene rings is 2. The molecule has 0 spiro atoms. The van der Waals surface area contributed by atoms with Crippen LogP contribution in [0.25, 0.3) is 23.0 Å². The van der Waals surface area contributed by atoms with Gasteiger partial charge in [0.15, 0.2) is 9.84 Å². The van der Waals surface area contributed by atoms with E-state index in [1.165, 1.54) is 16.7 Å². The van der Waals surface area contributed by atoms with E-state index < -0.39 is 15.9 Å². The summed E-state index contributed by atoms with van der Waals surface area (Å²) in [4.78, 5) is 15.3. The van der Waals surface area contributed by atoms with Crippen LogP contribution < -0.4 is 4.74 Å². The lowest BCUT2D eigenvalue weighted by Crippen LogP contribution is -2.39. The quantitative estimate of drug-likeness (QED) is 0.204. The van der Waals surface area contributed by atoms with Gasteiger partial charge in [0.1, 0.15) is 15.8 Å². The Balaban J connectivity index is 1.52. The molecule has 1 amide bonds. The lowest BCUT2D eigenvalue weighted by molar-refractivity contribution is -0.123. The average Bonchev–Trinajstić information content (AvgIpc) is 3.55. The number of ether oxygens (including phenoxy) is 1. The average molecular weight is 568 g/mol. The van der Waals surface area contributed by atoms with Crippen molar-refractivity contribution >= 4 is 50.1 Å². The zero-order chi connectivity index (χ0) is 26.9. The van der Waals surface area contributed by atoms with Crippen LogP contribution in [-0.4, -0.2) is 57.5 Å². The molecule has 10 heteroatoms. The van der Waals surface area contributed by atoms with Gasteiger partial charge in [0.05, 0.1) is 34.7 Å². The van der Waals surface area contributed by atoms with Crippen molar-refractivity contribution in [2.75, 3.05) is 18.1 Å². The summed E-state index contributed by atoms with van der Waals surface area (Å²) in [5.74, 6) is 0.600. The highest BCUT2D eigenvalue weighted by Crippen LogP contribution is 2.38. The van der Waals surface area contributed by atoms with E-state index in [0.717, 1.165) is 46.7 Å². The van der Waals surface area contributed by atoms with E-state index in [1.54, 1.807) is 4.68 Å². The van der Waals surface area contributed by atoms with E-state index in [2.05, 4.69) is 6.92 Å². The van der Waals surface area contributed by atoms with Crippen LogP contribution in [0.15, 0.2) is 59.6 Å². The van der Waals surface area contributed by atoms with Crippen molar-refractivity contribution in [1.29, 1.82) is 0 Å². The maximum absolute atomic E-state index is 13.4. The third-order valence-corrected chi connectivity index (χ3v) is 9.75. The first-order valence-electron chi connectivity index (χ1n) is 12.6. The number of hydrogen-bond donors (Lipinski definition) is 0. The van der Waals surface area contributed by atoms with Gasteiger partial charge in [-0.15, -0.1) is 0 Å². The summed E-state index contributed by atoms with van der Waals surface area (Å²) in [7, 11) is -3.15. The minimum atomic E-state index is -3.15. The van der Waals surface area contributed by atoms with Gasteiger partial charge in [-0.25, -0.2) is 13.1 Å². The lowest BCUT2D eigenvalue weighted by Gasteiger charge is -2.20. The van der Waals surface area contributed by atoms with E-state index in [4.69, 9.17) is 22.1 Å².